The van der Waals surface area contributed by atoms with Gasteiger partial charge in [0.2, 0.25) is 10.0 Å². The lowest BCUT2D eigenvalue weighted by atomic mass is 9.95. The van der Waals surface area contributed by atoms with Gasteiger partial charge < -0.3 is 4.74 Å². The summed E-state index contributed by atoms with van der Waals surface area (Å²) >= 11 is 12.1. The van der Waals surface area contributed by atoms with E-state index in [2.05, 4.69) is 4.72 Å². The predicted octanol–water partition coefficient (Wildman–Crippen LogP) is 5.17. The van der Waals surface area contributed by atoms with Gasteiger partial charge in [0.05, 0.1) is 11.1 Å². The monoisotopic (exact) mass is 405 g/mol. The van der Waals surface area contributed by atoms with E-state index in [1.54, 1.807) is 18.2 Å². The van der Waals surface area contributed by atoms with Crippen molar-refractivity contribution in [2.75, 3.05) is 0 Å². The maximum atomic E-state index is 13.0. The molecule has 0 saturated carbocycles. The topological polar surface area (TPSA) is 55.4 Å². The minimum Gasteiger partial charge on any atom is -0.457 e. The van der Waals surface area contributed by atoms with Crippen LogP contribution in [-0.2, 0) is 10.0 Å². The molecule has 0 amide bonds. The fourth-order valence-corrected chi connectivity index (χ4v) is 4.90. The minimum absolute atomic E-state index is 0.0619. The normalized spacial score (nSPS) is 13.6. The van der Waals surface area contributed by atoms with Crippen LogP contribution in [0.15, 0.2) is 71.6 Å². The zero-order valence-corrected chi connectivity index (χ0v) is 15.6. The van der Waals surface area contributed by atoms with Crippen LogP contribution in [0.5, 0.6) is 11.5 Å². The van der Waals surface area contributed by atoms with Crippen molar-refractivity contribution < 1.29 is 13.2 Å². The van der Waals surface area contributed by atoms with Crippen LogP contribution in [0, 0.1) is 0 Å². The zero-order chi connectivity index (χ0) is 18.3. The third-order valence-corrected chi connectivity index (χ3v) is 6.28. The summed E-state index contributed by atoms with van der Waals surface area (Å²) in [6, 6.07) is 18.4. The number of para-hydroxylation sites is 2. The Balaban J connectivity index is 1.82. The summed E-state index contributed by atoms with van der Waals surface area (Å²) in [5.74, 6) is 1.21. The molecule has 1 aliphatic heterocycles. The number of hydrogen-bond acceptors (Lipinski definition) is 3. The van der Waals surface area contributed by atoms with Crippen LogP contribution in [0.2, 0.25) is 10.0 Å². The molecule has 1 N–H and O–H groups in total. The van der Waals surface area contributed by atoms with Gasteiger partial charge in [-0.15, -0.1) is 0 Å². The Hall–Kier alpha value is -2.05. The fourth-order valence-electron chi connectivity index (χ4n) is 2.94. The van der Waals surface area contributed by atoms with Crippen molar-refractivity contribution in [3.8, 4) is 11.5 Å². The smallest absolute Gasteiger partial charge is 0.242 e. The number of benzene rings is 3. The molecular weight excluding hydrogens is 393 g/mol. The number of hydrogen-bond donors (Lipinski definition) is 1. The highest BCUT2D eigenvalue weighted by Crippen LogP contribution is 2.43. The van der Waals surface area contributed by atoms with Crippen LogP contribution >= 0.6 is 23.2 Å². The molecule has 0 fully saturated rings. The second-order valence-electron chi connectivity index (χ2n) is 5.81. The average Bonchev–Trinajstić information content (AvgIpc) is 2.63. The molecule has 3 aromatic rings. The molecule has 0 radical (unpaired) electrons. The number of halogens is 2. The van der Waals surface area contributed by atoms with Gasteiger partial charge in [-0.1, -0.05) is 59.6 Å². The van der Waals surface area contributed by atoms with Crippen molar-refractivity contribution in [2.45, 2.75) is 10.9 Å². The lowest BCUT2D eigenvalue weighted by Crippen LogP contribution is -2.31. The molecule has 0 atom stereocenters. The summed E-state index contributed by atoms with van der Waals surface area (Å²) in [7, 11) is -3.92. The summed E-state index contributed by atoms with van der Waals surface area (Å²) in [4.78, 5) is -0.0619. The Labute approximate surface area is 161 Å². The van der Waals surface area contributed by atoms with Crippen LogP contribution in [-0.4, -0.2) is 8.42 Å². The van der Waals surface area contributed by atoms with E-state index >= 15 is 0 Å². The summed E-state index contributed by atoms with van der Waals surface area (Å²) in [5.41, 5.74) is 1.46. The molecule has 4 nitrogen and oxygen atoms in total. The number of ether oxygens (including phenoxy) is 1. The van der Waals surface area contributed by atoms with Crippen LogP contribution < -0.4 is 9.46 Å². The Kier molecular flexibility index (Phi) is 4.40. The largest absolute Gasteiger partial charge is 0.457 e. The number of sulfonamides is 1. The lowest BCUT2D eigenvalue weighted by Gasteiger charge is -2.28. The molecule has 0 saturated heterocycles. The third-order valence-electron chi connectivity index (χ3n) is 4.14. The SMILES string of the molecule is O=S(=O)(NC1c2ccccc2Oc2ccccc21)c1cc(Cl)ccc1Cl. The van der Waals surface area contributed by atoms with Crippen LogP contribution in [0.3, 0.4) is 0 Å². The Morgan fingerprint density at radius 1 is 0.846 bits per heavy atom. The highest BCUT2D eigenvalue weighted by atomic mass is 35.5. The number of nitrogens with one attached hydrogen (secondary N) is 1. The van der Waals surface area contributed by atoms with E-state index in [0.717, 1.165) is 11.1 Å². The minimum atomic E-state index is -3.92. The Bertz CT molecular complexity index is 1050. The first-order valence-electron chi connectivity index (χ1n) is 7.79. The van der Waals surface area contributed by atoms with Gasteiger partial charge in [0.1, 0.15) is 16.4 Å². The average molecular weight is 406 g/mol. The van der Waals surface area contributed by atoms with E-state index in [1.165, 1.54) is 12.1 Å². The molecule has 4 rings (SSSR count). The van der Waals surface area contributed by atoms with Crippen molar-refractivity contribution >= 4 is 33.2 Å². The molecule has 1 heterocycles. The van der Waals surface area contributed by atoms with Crippen LogP contribution in [0.25, 0.3) is 0 Å². The van der Waals surface area contributed by atoms with E-state index in [0.29, 0.717) is 16.5 Å². The van der Waals surface area contributed by atoms with Gasteiger partial charge in [0.15, 0.2) is 0 Å². The van der Waals surface area contributed by atoms with Crippen molar-refractivity contribution in [1.29, 1.82) is 0 Å². The maximum Gasteiger partial charge on any atom is 0.242 e. The Morgan fingerprint density at radius 2 is 1.42 bits per heavy atom. The van der Waals surface area contributed by atoms with E-state index in [1.807, 2.05) is 36.4 Å². The van der Waals surface area contributed by atoms with Gasteiger partial charge in [0.25, 0.3) is 0 Å². The summed E-state index contributed by atoms with van der Waals surface area (Å²) in [6.45, 7) is 0. The van der Waals surface area contributed by atoms with E-state index in [-0.39, 0.29) is 9.92 Å². The van der Waals surface area contributed by atoms with Gasteiger partial charge in [-0.05, 0) is 30.3 Å². The van der Waals surface area contributed by atoms with Gasteiger partial charge in [0, 0.05) is 16.1 Å². The van der Waals surface area contributed by atoms with Gasteiger partial charge in [-0.3, -0.25) is 0 Å². The first kappa shape index (κ1) is 17.4. The summed E-state index contributed by atoms with van der Waals surface area (Å²) in [5, 5.41) is 0.401. The third kappa shape index (κ3) is 3.08. The molecule has 26 heavy (non-hydrogen) atoms. The van der Waals surface area contributed by atoms with Crippen LogP contribution in [0.4, 0.5) is 0 Å². The van der Waals surface area contributed by atoms with Crippen molar-refractivity contribution in [3.63, 3.8) is 0 Å². The first-order valence-corrected chi connectivity index (χ1v) is 10.0. The quantitative estimate of drug-likeness (QED) is 0.653. The molecule has 0 unspecified atom stereocenters. The highest BCUT2D eigenvalue weighted by molar-refractivity contribution is 7.89. The van der Waals surface area contributed by atoms with Gasteiger partial charge in [-0.2, -0.15) is 4.72 Å². The molecule has 0 aromatic heterocycles. The van der Waals surface area contributed by atoms with E-state index in [9.17, 15) is 8.42 Å². The van der Waals surface area contributed by atoms with E-state index < -0.39 is 16.1 Å². The van der Waals surface area contributed by atoms with Gasteiger partial charge in [-0.25, -0.2) is 8.42 Å². The first-order chi connectivity index (χ1) is 12.5. The zero-order valence-electron chi connectivity index (χ0n) is 13.3. The molecule has 1 aliphatic rings. The lowest BCUT2D eigenvalue weighted by molar-refractivity contribution is 0.440. The highest BCUT2D eigenvalue weighted by Gasteiger charge is 2.31. The molecule has 132 valence electrons. The van der Waals surface area contributed by atoms with Gasteiger partial charge >= 0.3 is 0 Å². The second-order valence-corrected chi connectivity index (χ2v) is 8.33. The van der Waals surface area contributed by atoms with Crippen molar-refractivity contribution in [1.82, 2.24) is 4.72 Å². The molecule has 0 bridgehead atoms. The number of fused-ring (bicyclic) bond motifs is 2. The Morgan fingerprint density at radius 3 is 2.04 bits per heavy atom. The summed E-state index contributed by atoms with van der Waals surface area (Å²) in [6.07, 6.45) is 0. The van der Waals surface area contributed by atoms with E-state index in [4.69, 9.17) is 27.9 Å². The summed E-state index contributed by atoms with van der Waals surface area (Å²) < 4.78 is 34.6. The maximum absolute atomic E-state index is 13.0. The molecular formula is C19H13Cl2NO3S. The standard InChI is InChI=1S/C19H13Cl2NO3S/c20-12-9-10-15(21)18(11-12)26(23,24)22-19-13-5-1-3-7-16(13)25-17-8-4-2-6-14(17)19/h1-11,19,22H. The molecule has 3 aromatic carbocycles. The fraction of sp³-hybridized carbons (Fsp3) is 0.0526. The molecule has 0 spiro atoms. The van der Waals surface area contributed by atoms with Crippen LogP contribution in [0.1, 0.15) is 17.2 Å². The number of rotatable bonds is 3. The molecule has 7 heteroatoms. The van der Waals surface area contributed by atoms with Crippen molar-refractivity contribution in [2.24, 2.45) is 0 Å². The molecule has 0 aliphatic carbocycles. The predicted molar refractivity (Wildman–Crippen MR) is 102 cm³/mol. The van der Waals surface area contributed by atoms with Crippen molar-refractivity contribution in [3.05, 3.63) is 87.9 Å². The second kappa shape index (κ2) is 6.59.